The smallest absolute Gasteiger partial charge is 0.243 e. The van der Waals surface area contributed by atoms with Gasteiger partial charge in [0.2, 0.25) is 5.91 Å². The van der Waals surface area contributed by atoms with Gasteiger partial charge in [-0.1, -0.05) is 30.3 Å². The maximum atomic E-state index is 10.4. The lowest BCUT2D eigenvalue weighted by molar-refractivity contribution is -0.122. The molecule has 0 saturated carbocycles. The van der Waals surface area contributed by atoms with Crippen LogP contribution in [0.4, 0.5) is 0 Å². The van der Waals surface area contributed by atoms with Crippen LogP contribution in [0.2, 0.25) is 0 Å². The van der Waals surface area contributed by atoms with Gasteiger partial charge in [-0.3, -0.25) is 4.79 Å². The molecule has 0 aliphatic rings. The molecule has 2 atom stereocenters. The average Bonchev–Trinajstić information content (AvgIpc) is 2.49. The summed E-state index contributed by atoms with van der Waals surface area (Å²) >= 11 is 0. The van der Waals surface area contributed by atoms with Crippen LogP contribution in [0.15, 0.2) is 30.3 Å². The molecule has 0 heterocycles. The molecule has 0 aliphatic heterocycles. The summed E-state index contributed by atoms with van der Waals surface area (Å²) in [5, 5.41) is 12.8. The number of carbonyl (C=O) groups excluding carboxylic acids is 1. The minimum absolute atomic E-state index is 0.0558. The Morgan fingerprint density at radius 3 is 2.76 bits per heavy atom. The average molecular weight is 296 g/mol. The molecule has 4 N–H and O–H groups in total. The number of amides is 1. The van der Waals surface area contributed by atoms with Crippen molar-refractivity contribution in [2.24, 2.45) is 5.73 Å². The standard InChI is InChI=1S/C15H24N2O4/c1-12(13-5-3-2-4-6-13)21-10-14(18)9-17-7-8-20-11-15(16)19/h2-6,12,14,17-18H,7-11H2,1H3,(H2,16,19). The third kappa shape index (κ3) is 8.41. The predicted octanol–water partition coefficient (Wildman–Crippen LogP) is 0.217. The van der Waals surface area contributed by atoms with Gasteiger partial charge in [-0.25, -0.2) is 0 Å². The Balaban J connectivity index is 2.06. The van der Waals surface area contributed by atoms with E-state index in [4.69, 9.17) is 15.2 Å². The van der Waals surface area contributed by atoms with Gasteiger partial charge in [0, 0.05) is 13.1 Å². The van der Waals surface area contributed by atoms with Gasteiger partial charge in [0.05, 0.1) is 25.4 Å². The molecule has 1 aromatic carbocycles. The Kier molecular flexibility index (Phi) is 8.61. The third-order valence-corrected chi connectivity index (χ3v) is 2.86. The zero-order valence-corrected chi connectivity index (χ0v) is 12.3. The molecule has 0 fully saturated rings. The molecule has 1 rings (SSSR count). The SMILES string of the molecule is CC(OCC(O)CNCCOCC(N)=O)c1ccccc1. The molecular formula is C15H24N2O4. The number of benzene rings is 1. The summed E-state index contributed by atoms with van der Waals surface area (Å²) in [6.07, 6.45) is -0.646. The van der Waals surface area contributed by atoms with Crippen molar-refractivity contribution in [2.75, 3.05) is 32.9 Å². The minimum atomic E-state index is -0.590. The molecule has 0 aromatic heterocycles. The van der Waals surface area contributed by atoms with Crippen LogP contribution in [0.3, 0.4) is 0 Å². The Bertz CT molecular complexity index is 400. The van der Waals surface area contributed by atoms with Crippen molar-refractivity contribution < 1.29 is 19.4 Å². The van der Waals surface area contributed by atoms with Crippen LogP contribution in [0, 0.1) is 0 Å². The number of nitrogens with two attached hydrogens (primary N) is 1. The summed E-state index contributed by atoms with van der Waals surface area (Å²) in [4.78, 5) is 10.4. The second-order valence-corrected chi connectivity index (χ2v) is 4.76. The van der Waals surface area contributed by atoms with Crippen LogP contribution in [0.25, 0.3) is 0 Å². The van der Waals surface area contributed by atoms with Gasteiger partial charge < -0.3 is 25.6 Å². The van der Waals surface area contributed by atoms with Gasteiger partial charge in [0.15, 0.2) is 0 Å². The van der Waals surface area contributed by atoms with E-state index in [-0.39, 0.29) is 19.3 Å². The van der Waals surface area contributed by atoms with Crippen LogP contribution in [0.5, 0.6) is 0 Å². The summed E-state index contributed by atoms with van der Waals surface area (Å²) in [7, 11) is 0. The highest BCUT2D eigenvalue weighted by Crippen LogP contribution is 2.15. The van der Waals surface area contributed by atoms with Crippen LogP contribution in [0.1, 0.15) is 18.6 Å². The highest BCUT2D eigenvalue weighted by molar-refractivity contribution is 5.74. The van der Waals surface area contributed by atoms with Gasteiger partial charge in [0.25, 0.3) is 0 Å². The van der Waals surface area contributed by atoms with Crippen LogP contribution in [-0.4, -0.2) is 50.0 Å². The molecular weight excluding hydrogens is 272 g/mol. The highest BCUT2D eigenvalue weighted by Gasteiger charge is 2.09. The molecule has 0 saturated heterocycles. The number of aliphatic hydroxyl groups excluding tert-OH is 1. The van der Waals surface area contributed by atoms with Gasteiger partial charge >= 0.3 is 0 Å². The van der Waals surface area contributed by atoms with Gasteiger partial charge in [-0.05, 0) is 12.5 Å². The lowest BCUT2D eigenvalue weighted by Crippen LogP contribution is -2.33. The first kappa shape index (κ1) is 17.6. The summed E-state index contributed by atoms with van der Waals surface area (Å²) < 4.78 is 10.6. The molecule has 6 nitrogen and oxygen atoms in total. The van der Waals surface area contributed by atoms with Gasteiger partial charge in [-0.15, -0.1) is 0 Å². The van der Waals surface area contributed by atoms with E-state index in [9.17, 15) is 9.90 Å². The van der Waals surface area contributed by atoms with Crippen LogP contribution < -0.4 is 11.1 Å². The van der Waals surface area contributed by atoms with Crippen LogP contribution in [-0.2, 0) is 14.3 Å². The molecule has 6 heteroatoms. The van der Waals surface area contributed by atoms with Gasteiger partial charge in [-0.2, -0.15) is 0 Å². The Morgan fingerprint density at radius 1 is 1.38 bits per heavy atom. The molecule has 118 valence electrons. The van der Waals surface area contributed by atoms with Crippen LogP contribution >= 0.6 is 0 Å². The molecule has 1 amide bonds. The molecule has 1 aromatic rings. The quantitative estimate of drug-likeness (QED) is 0.508. The van der Waals surface area contributed by atoms with Crippen molar-refractivity contribution in [1.82, 2.24) is 5.32 Å². The lowest BCUT2D eigenvalue weighted by atomic mass is 10.1. The minimum Gasteiger partial charge on any atom is -0.389 e. The lowest BCUT2D eigenvalue weighted by Gasteiger charge is -2.17. The van der Waals surface area contributed by atoms with Crippen molar-refractivity contribution in [1.29, 1.82) is 0 Å². The number of aliphatic hydroxyl groups is 1. The van der Waals surface area contributed by atoms with E-state index in [2.05, 4.69) is 5.32 Å². The third-order valence-electron chi connectivity index (χ3n) is 2.86. The molecule has 0 radical (unpaired) electrons. The number of ether oxygens (including phenoxy) is 2. The first-order chi connectivity index (χ1) is 10.1. The Labute approximate surface area is 125 Å². The zero-order valence-electron chi connectivity index (χ0n) is 12.3. The number of primary amides is 1. The summed E-state index contributed by atoms with van der Waals surface area (Å²) in [5.74, 6) is -0.488. The van der Waals surface area contributed by atoms with E-state index < -0.39 is 12.0 Å². The number of hydrogen-bond acceptors (Lipinski definition) is 5. The first-order valence-corrected chi connectivity index (χ1v) is 7.01. The van der Waals surface area contributed by atoms with E-state index in [1.165, 1.54) is 0 Å². The number of rotatable bonds is 11. The highest BCUT2D eigenvalue weighted by atomic mass is 16.5. The Hall–Kier alpha value is -1.47. The fourth-order valence-electron chi connectivity index (χ4n) is 1.72. The molecule has 0 bridgehead atoms. The Morgan fingerprint density at radius 2 is 2.10 bits per heavy atom. The predicted molar refractivity (Wildman–Crippen MR) is 79.7 cm³/mol. The van der Waals surface area contributed by atoms with Crippen molar-refractivity contribution >= 4 is 5.91 Å². The maximum Gasteiger partial charge on any atom is 0.243 e. The second-order valence-electron chi connectivity index (χ2n) is 4.76. The number of hydrogen-bond donors (Lipinski definition) is 3. The topological polar surface area (TPSA) is 93.8 Å². The summed E-state index contributed by atoms with van der Waals surface area (Å²) in [6.45, 7) is 3.44. The first-order valence-electron chi connectivity index (χ1n) is 7.01. The molecule has 0 spiro atoms. The fraction of sp³-hybridized carbons (Fsp3) is 0.533. The van der Waals surface area contributed by atoms with Crippen molar-refractivity contribution in [3.05, 3.63) is 35.9 Å². The van der Waals surface area contributed by atoms with E-state index in [0.29, 0.717) is 19.7 Å². The zero-order chi connectivity index (χ0) is 15.5. The van der Waals surface area contributed by atoms with E-state index in [0.717, 1.165) is 5.56 Å². The normalized spacial score (nSPS) is 13.8. The second kappa shape index (κ2) is 10.3. The van der Waals surface area contributed by atoms with E-state index >= 15 is 0 Å². The number of nitrogens with one attached hydrogen (secondary N) is 1. The largest absolute Gasteiger partial charge is 0.389 e. The molecule has 2 unspecified atom stereocenters. The van der Waals surface area contributed by atoms with E-state index in [1.54, 1.807) is 0 Å². The van der Waals surface area contributed by atoms with Crippen molar-refractivity contribution in [2.45, 2.75) is 19.1 Å². The summed E-state index contributed by atoms with van der Waals surface area (Å²) in [5.41, 5.74) is 6.01. The molecule has 0 aliphatic carbocycles. The monoisotopic (exact) mass is 296 g/mol. The van der Waals surface area contributed by atoms with Crippen molar-refractivity contribution in [3.63, 3.8) is 0 Å². The maximum absolute atomic E-state index is 10.4. The number of carbonyl (C=O) groups is 1. The van der Waals surface area contributed by atoms with E-state index in [1.807, 2.05) is 37.3 Å². The fourth-order valence-corrected chi connectivity index (χ4v) is 1.72. The molecule has 21 heavy (non-hydrogen) atoms. The van der Waals surface area contributed by atoms with Gasteiger partial charge in [0.1, 0.15) is 6.61 Å². The van der Waals surface area contributed by atoms with Crippen molar-refractivity contribution in [3.8, 4) is 0 Å². The summed E-state index contributed by atoms with van der Waals surface area (Å²) in [6, 6.07) is 9.85.